The quantitative estimate of drug-likeness (QED) is 0.785. The number of halogens is 1. The molecule has 0 saturated carbocycles. The van der Waals surface area contributed by atoms with E-state index in [4.69, 9.17) is 11.6 Å². The molecule has 0 bridgehead atoms. The number of rotatable bonds is 3. The number of urea groups is 1. The summed E-state index contributed by atoms with van der Waals surface area (Å²) in [5.41, 5.74) is 1.63. The highest BCUT2D eigenvalue weighted by Gasteiger charge is 2.15. The van der Waals surface area contributed by atoms with Gasteiger partial charge in [0.25, 0.3) is 0 Å². The number of nitrogens with one attached hydrogen (secondary N) is 3. The second-order valence-corrected chi connectivity index (χ2v) is 4.25. The number of benzene rings is 1. The van der Waals surface area contributed by atoms with Crippen LogP contribution in [0.4, 0.5) is 10.5 Å². The van der Waals surface area contributed by atoms with Gasteiger partial charge in [-0.2, -0.15) is 0 Å². The monoisotopic (exact) mass is 269 g/mol. The minimum atomic E-state index is -0.542. The molecule has 98 valence electrons. The molecule has 1 aromatic rings. The van der Waals surface area contributed by atoms with Gasteiger partial charge in [-0.15, -0.1) is 0 Å². The number of imide groups is 1. The summed E-state index contributed by atoms with van der Waals surface area (Å²) >= 11 is 5.98. The zero-order valence-corrected chi connectivity index (χ0v) is 11.3. The minimum absolute atomic E-state index is 0.409. The summed E-state index contributed by atoms with van der Waals surface area (Å²) in [6.07, 6.45) is 0. The van der Waals surface area contributed by atoms with Crippen molar-refractivity contribution in [3.8, 4) is 0 Å². The lowest BCUT2D eigenvalue weighted by atomic mass is 10.2. The molecule has 0 unspecified atom stereocenters. The topological polar surface area (TPSA) is 70.2 Å². The van der Waals surface area contributed by atoms with E-state index in [-0.39, 0.29) is 0 Å². The maximum Gasteiger partial charge on any atom is 0.321 e. The van der Waals surface area contributed by atoms with Crippen molar-refractivity contribution in [1.29, 1.82) is 0 Å². The van der Waals surface area contributed by atoms with Crippen LogP contribution in [0.5, 0.6) is 0 Å². The van der Waals surface area contributed by atoms with Crippen molar-refractivity contribution in [2.75, 3.05) is 12.4 Å². The maximum absolute atomic E-state index is 11.6. The Balaban J connectivity index is 2.69. The van der Waals surface area contributed by atoms with Crippen LogP contribution in [0, 0.1) is 6.92 Å². The zero-order valence-electron chi connectivity index (χ0n) is 10.5. The Morgan fingerprint density at radius 2 is 2.00 bits per heavy atom. The Kier molecular flexibility index (Phi) is 4.97. The van der Waals surface area contributed by atoms with Gasteiger partial charge in [0.1, 0.15) is 6.04 Å². The molecule has 0 heterocycles. The van der Waals surface area contributed by atoms with Gasteiger partial charge in [-0.1, -0.05) is 17.7 Å². The van der Waals surface area contributed by atoms with E-state index in [1.807, 2.05) is 13.0 Å². The Bertz CT molecular complexity index is 463. The lowest BCUT2D eigenvalue weighted by Crippen LogP contribution is -2.44. The molecule has 0 aliphatic carbocycles. The second-order valence-electron chi connectivity index (χ2n) is 3.85. The van der Waals surface area contributed by atoms with Crippen LogP contribution in [0.15, 0.2) is 18.2 Å². The van der Waals surface area contributed by atoms with Crippen molar-refractivity contribution in [1.82, 2.24) is 10.6 Å². The molecular formula is C12H16ClN3O2. The highest BCUT2D eigenvalue weighted by Crippen LogP contribution is 2.23. The lowest BCUT2D eigenvalue weighted by Gasteiger charge is -2.16. The van der Waals surface area contributed by atoms with Crippen LogP contribution >= 0.6 is 11.6 Å². The highest BCUT2D eigenvalue weighted by molar-refractivity contribution is 6.31. The largest absolute Gasteiger partial charge is 0.374 e. The molecule has 6 heteroatoms. The molecule has 5 nitrogen and oxygen atoms in total. The fourth-order valence-corrected chi connectivity index (χ4v) is 1.52. The number of hydrogen-bond donors (Lipinski definition) is 3. The molecule has 0 aliphatic rings. The van der Waals surface area contributed by atoms with Crippen molar-refractivity contribution < 1.29 is 9.59 Å². The van der Waals surface area contributed by atoms with Gasteiger partial charge in [-0.25, -0.2) is 4.79 Å². The van der Waals surface area contributed by atoms with Crippen LogP contribution in [0.3, 0.4) is 0 Å². The van der Waals surface area contributed by atoms with E-state index in [0.717, 1.165) is 11.3 Å². The first kappa shape index (κ1) is 14.3. The lowest BCUT2D eigenvalue weighted by molar-refractivity contribution is -0.120. The highest BCUT2D eigenvalue weighted by atomic mass is 35.5. The Hall–Kier alpha value is -1.75. The Labute approximate surface area is 111 Å². The third-order valence-electron chi connectivity index (χ3n) is 2.50. The molecule has 0 fully saturated rings. The van der Waals surface area contributed by atoms with Gasteiger partial charge in [0.15, 0.2) is 0 Å². The predicted molar refractivity (Wildman–Crippen MR) is 71.9 cm³/mol. The van der Waals surface area contributed by atoms with E-state index in [9.17, 15) is 9.59 Å². The summed E-state index contributed by atoms with van der Waals surface area (Å²) < 4.78 is 0. The predicted octanol–water partition coefficient (Wildman–Crippen LogP) is 1.90. The van der Waals surface area contributed by atoms with E-state index in [2.05, 4.69) is 16.0 Å². The summed E-state index contributed by atoms with van der Waals surface area (Å²) in [5, 5.41) is 8.14. The van der Waals surface area contributed by atoms with Crippen molar-refractivity contribution in [3.63, 3.8) is 0 Å². The van der Waals surface area contributed by atoms with Crippen LogP contribution in [0.1, 0.15) is 12.5 Å². The van der Waals surface area contributed by atoms with Crippen LogP contribution in [0.2, 0.25) is 5.02 Å². The van der Waals surface area contributed by atoms with Gasteiger partial charge in [0.2, 0.25) is 5.91 Å². The van der Waals surface area contributed by atoms with Gasteiger partial charge < -0.3 is 10.6 Å². The molecule has 0 saturated heterocycles. The first-order chi connectivity index (χ1) is 8.45. The SMILES string of the molecule is CNC(=O)NC(=O)[C@@H](C)Nc1cccc(Cl)c1C. The molecule has 0 radical (unpaired) electrons. The van der Waals surface area contributed by atoms with Gasteiger partial charge >= 0.3 is 6.03 Å². The van der Waals surface area contributed by atoms with E-state index in [1.54, 1.807) is 19.1 Å². The molecule has 0 aromatic heterocycles. The number of amides is 3. The molecule has 3 amide bonds. The average Bonchev–Trinajstić information content (AvgIpc) is 2.34. The molecule has 3 N–H and O–H groups in total. The Morgan fingerprint density at radius 1 is 1.33 bits per heavy atom. The summed E-state index contributed by atoms with van der Waals surface area (Å²) in [7, 11) is 1.45. The molecule has 0 spiro atoms. The second kappa shape index (κ2) is 6.26. The standard InChI is InChI=1S/C12H16ClN3O2/c1-7-9(13)5-4-6-10(7)15-8(2)11(17)16-12(18)14-3/h4-6,8,15H,1-3H3,(H2,14,16,17,18)/t8-/m1/s1. The summed E-state index contributed by atoms with van der Waals surface area (Å²) in [6, 6.07) is 4.32. The fourth-order valence-electron chi connectivity index (χ4n) is 1.35. The number of carbonyl (C=O) groups is 2. The van der Waals surface area contributed by atoms with E-state index >= 15 is 0 Å². The van der Waals surface area contributed by atoms with Crippen LogP contribution < -0.4 is 16.0 Å². The van der Waals surface area contributed by atoms with E-state index in [0.29, 0.717) is 5.02 Å². The third kappa shape index (κ3) is 3.63. The third-order valence-corrected chi connectivity index (χ3v) is 2.91. The van der Waals surface area contributed by atoms with Crippen molar-refractivity contribution in [3.05, 3.63) is 28.8 Å². The van der Waals surface area contributed by atoms with Crippen molar-refractivity contribution in [2.45, 2.75) is 19.9 Å². The summed E-state index contributed by atoms with van der Waals surface area (Å²) in [5.74, 6) is -0.409. The molecule has 0 aliphatic heterocycles. The van der Waals surface area contributed by atoms with E-state index < -0.39 is 18.0 Å². The van der Waals surface area contributed by atoms with Crippen LogP contribution in [-0.4, -0.2) is 25.0 Å². The zero-order chi connectivity index (χ0) is 13.7. The first-order valence-electron chi connectivity index (χ1n) is 5.50. The van der Waals surface area contributed by atoms with E-state index in [1.165, 1.54) is 7.05 Å². The molecule has 1 rings (SSSR count). The van der Waals surface area contributed by atoms with Gasteiger partial charge in [-0.3, -0.25) is 10.1 Å². The molecule has 18 heavy (non-hydrogen) atoms. The Morgan fingerprint density at radius 3 is 2.61 bits per heavy atom. The van der Waals surface area contributed by atoms with Crippen molar-refractivity contribution >= 4 is 29.2 Å². The van der Waals surface area contributed by atoms with Crippen LogP contribution in [-0.2, 0) is 4.79 Å². The molecule has 1 atom stereocenters. The van der Waals surface area contributed by atoms with Gasteiger partial charge in [0, 0.05) is 17.8 Å². The summed E-state index contributed by atoms with van der Waals surface area (Å²) in [4.78, 5) is 22.7. The van der Waals surface area contributed by atoms with Crippen LogP contribution in [0.25, 0.3) is 0 Å². The number of carbonyl (C=O) groups excluding carboxylic acids is 2. The average molecular weight is 270 g/mol. The van der Waals surface area contributed by atoms with Gasteiger partial charge in [0.05, 0.1) is 0 Å². The number of anilines is 1. The normalized spacial score (nSPS) is 11.6. The molecular weight excluding hydrogens is 254 g/mol. The first-order valence-corrected chi connectivity index (χ1v) is 5.87. The minimum Gasteiger partial charge on any atom is -0.374 e. The summed E-state index contributed by atoms with van der Waals surface area (Å²) in [6.45, 7) is 3.52. The van der Waals surface area contributed by atoms with Gasteiger partial charge in [-0.05, 0) is 31.5 Å². The maximum atomic E-state index is 11.6. The fraction of sp³-hybridized carbons (Fsp3) is 0.333. The molecule has 1 aromatic carbocycles. The van der Waals surface area contributed by atoms with Crippen molar-refractivity contribution in [2.24, 2.45) is 0 Å². The number of hydrogen-bond acceptors (Lipinski definition) is 3. The smallest absolute Gasteiger partial charge is 0.321 e.